The fourth-order valence-corrected chi connectivity index (χ4v) is 1.73. The quantitative estimate of drug-likeness (QED) is 0.865. The smallest absolute Gasteiger partial charge is 0.322 e. The van der Waals surface area contributed by atoms with Gasteiger partial charge in [-0.15, -0.1) is 0 Å². The van der Waals surface area contributed by atoms with Gasteiger partial charge in [-0.05, 0) is 31.5 Å². The molecule has 0 aliphatic heterocycles. The lowest BCUT2D eigenvalue weighted by Gasteiger charge is -2.18. The number of carbonyl (C=O) groups is 1. The Bertz CT molecular complexity index is 351. The Labute approximate surface area is 104 Å². The van der Waals surface area contributed by atoms with Gasteiger partial charge in [0.2, 0.25) is 0 Å². The highest BCUT2D eigenvalue weighted by molar-refractivity contribution is 9.10. The Hall–Kier alpha value is -0.870. The van der Waals surface area contributed by atoms with Gasteiger partial charge in [0.25, 0.3) is 0 Å². The normalized spacial score (nSPS) is 14.2. The minimum Gasteiger partial charge on any atom is -0.468 e. The fourth-order valence-electron chi connectivity index (χ4n) is 1.47. The number of carbonyl (C=O) groups excluding carboxylic acids is 1. The van der Waals surface area contributed by atoms with Gasteiger partial charge in [0.05, 0.1) is 7.11 Å². The lowest BCUT2D eigenvalue weighted by Crippen LogP contribution is -2.36. The average Bonchev–Trinajstić information content (AvgIpc) is 2.28. The van der Waals surface area contributed by atoms with E-state index in [0.29, 0.717) is 0 Å². The molecule has 0 saturated carbocycles. The van der Waals surface area contributed by atoms with Crippen LogP contribution in [-0.4, -0.2) is 19.1 Å². The van der Waals surface area contributed by atoms with Crippen LogP contribution in [0.4, 0.5) is 0 Å². The van der Waals surface area contributed by atoms with E-state index in [1.807, 2.05) is 31.2 Å². The average molecular weight is 286 g/mol. The number of esters is 1. The van der Waals surface area contributed by atoms with Gasteiger partial charge >= 0.3 is 5.97 Å². The second-order valence-electron chi connectivity index (χ2n) is 3.68. The van der Waals surface area contributed by atoms with Gasteiger partial charge in [0, 0.05) is 10.5 Å². The van der Waals surface area contributed by atoms with Gasteiger partial charge in [-0.1, -0.05) is 28.1 Å². The van der Waals surface area contributed by atoms with E-state index in [2.05, 4.69) is 26.0 Å². The summed E-state index contributed by atoms with van der Waals surface area (Å²) in [5.41, 5.74) is 1.14. The van der Waals surface area contributed by atoms with Gasteiger partial charge in [0.15, 0.2) is 0 Å². The van der Waals surface area contributed by atoms with Crippen molar-refractivity contribution in [2.45, 2.75) is 25.9 Å². The van der Waals surface area contributed by atoms with E-state index in [-0.39, 0.29) is 18.1 Å². The summed E-state index contributed by atoms with van der Waals surface area (Å²) in [5, 5.41) is 3.18. The SMILES string of the molecule is COC(=O)[C@H](C)NC(C)c1ccc(Br)cc1. The van der Waals surface area contributed by atoms with E-state index in [9.17, 15) is 4.79 Å². The molecule has 16 heavy (non-hydrogen) atoms. The van der Waals surface area contributed by atoms with Crippen molar-refractivity contribution in [2.24, 2.45) is 0 Å². The molecule has 0 aliphatic rings. The summed E-state index contributed by atoms with van der Waals surface area (Å²) in [5.74, 6) is -0.246. The molecule has 0 heterocycles. The van der Waals surface area contributed by atoms with Crippen LogP contribution in [0.1, 0.15) is 25.5 Å². The first-order valence-electron chi connectivity index (χ1n) is 5.14. The van der Waals surface area contributed by atoms with Crippen molar-refractivity contribution in [3.8, 4) is 0 Å². The highest BCUT2D eigenvalue weighted by Crippen LogP contribution is 2.16. The molecular formula is C12H16BrNO2. The van der Waals surface area contributed by atoms with E-state index >= 15 is 0 Å². The third-order valence-electron chi connectivity index (χ3n) is 2.42. The van der Waals surface area contributed by atoms with Gasteiger partial charge < -0.3 is 4.74 Å². The molecule has 1 unspecified atom stereocenters. The number of methoxy groups -OCH3 is 1. The molecule has 0 amide bonds. The number of hydrogen-bond donors (Lipinski definition) is 1. The van der Waals surface area contributed by atoms with Gasteiger partial charge in [-0.25, -0.2) is 0 Å². The monoisotopic (exact) mass is 285 g/mol. The van der Waals surface area contributed by atoms with Crippen molar-refractivity contribution < 1.29 is 9.53 Å². The molecule has 1 aromatic carbocycles. The van der Waals surface area contributed by atoms with Crippen LogP contribution in [0.5, 0.6) is 0 Å². The summed E-state index contributed by atoms with van der Waals surface area (Å²) in [6.07, 6.45) is 0. The van der Waals surface area contributed by atoms with Crippen molar-refractivity contribution in [2.75, 3.05) is 7.11 Å². The molecule has 3 nitrogen and oxygen atoms in total. The minimum atomic E-state index is -0.302. The van der Waals surface area contributed by atoms with Crippen LogP contribution >= 0.6 is 15.9 Å². The van der Waals surface area contributed by atoms with E-state index in [1.54, 1.807) is 6.92 Å². The van der Waals surface area contributed by atoms with Gasteiger partial charge in [-0.2, -0.15) is 0 Å². The van der Waals surface area contributed by atoms with Crippen LogP contribution in [0.25, 0.3) is 0 Å². The molecule has 0 radical (unpaired) electrons. The van der Waals surface area contributed by atoms with Crippen molar-refractivity contribution in [3.63, 3.8) is 0 Å². The maximum Gasteiger partial charge on any atom is 0.322 e. The Morgan fingerprint density at radius 3 is 2.38 bits per heavy atom. The number of hydrogen-bond acceptors (Lipinski definition) is 3. The minimum absolute atomic E-state index is 0.113. The lowest BCUT2D eigenvalue weighted by molar-refractivity contribution is -0.142. The summed E-state index contributed by atoms with van der Waals surface area (Å²) in [4.78, 5) is 11.2. The van der Waals surface area contributed by atoms with Gasteiger partial charge in [-0.3, -0.25) is 10.1 Å². The van der Waals surface area contributed by atoms with Crippen LogP contribution in [0.15, 0.2) is 28.7 Å². The highest BCUT2D eigenvalue weighted by atomic mass is 79.9. The molecule has 1 N–H and O–H groups in total. The second-order valence-corrected chi connectivity index (χ2v) is 4.60. The van der Waals surface area contributed by atoms with Crippen molar-refractivity contribution in [1.29, 1.82) is 0 Å². The Morgan fingerprint density at radius 1 is 1.31 bits per heavy atom. The number of benzene rings is 1. The van der Waals surface area contributed by atoms with Crippen molar-refractivity contribution >= 4 is 21.9 Å². The van der Waals surface area contributed by atoms with Gasteiger partial charge in [0.1, 0.15) is 6.04 Å². The summed E-state index contributed by atoms with van der Waals surface area (Å²) in [7, 11) is 1.39. The number of nitrogens with one attached hydrogen (secondary N) is 1. The highest BCUT2D eigenvalue weighted by Gasteiger charge is 2.16. The fraction of sp³-hybridized carbons (Fsp3) is 0.417. The number of rotatable bonds is 4. The topological polar surface area (TPSA) is 38.3 Å². The molecule has 88 valence electrons. The third-order valence-corrected chi connectivity index (χ3v) is 2.95. The zero-order chi connectivity index (χ0) is 12.1. The van der Waals surface area contributed by atoms with E-state index in [4.69, 9.17) is 0 Å². The first-order valence-corrected chi connectivity index (χ1v) is 5.93. The Balaban J connectivity index is 2.61. The molecule has 0 spiro atoms. The summed E-state index contributed by atoms with van der Waals surface area (Å²) >= 11 is 3.39. The molecule has 4 heteroatoms. The van der Waals surface area contributed by atoms with Crippen molar-refractivity contribution in [1.82, 2.24) is 5.32 Å². The second kappa shape index (κ2) is 6.01. The molecular weight excluding hydrogens is 270 g/mol. The van der Waals surface area contributed by atoms with Crippen LogP contribution in [0.3, 0.4) is 0 Å². The van der Waals surface area contributed by atoms with E-state index < -0.39 is 0 Å². The standard InChI is InChI=1S/C12H16BrNO2/c1-8(14-9(2)12(15)16-3)10-4-6-11(13)7-5-10/h4-9,14H,1-3H3/t8?,9-/m0/s1. The molecule has 0 saturated heterocycles. The largest absolute Gasteiger partial charge is 0.468 e. The summed E-state index contributed by atoms with van der Waals surface area (Å²) < 4.78 is 5.70. The van der Waals surface area contributed by atoms with Crippen LogP contribution in [-0.2, 0) is 9.53 Å². The molecule has 0 aromatic heterocycles. The first-order chi connectivity index (χ1) is 7.54. The predicted molar refractivity (Wildman–Crippen MR) is 67.2 cm³/mol. The lowest BCUT2D eigenvalue weighted by atomic mass is 10.1. The molecule has 1 rings (SSSR count). The van der Waals surface area contributed by atoms with E-state index in [0.717, 1.165) is 10.0 Å². The molecule has 0 bridgehead atoms. The van der Waals surface area contributed by atoms with Crippen molar-refractivity contribution in [3.05, 3.63) is 34.3 Å². The zero-order valence-electron chi connectivity index (χ0n) is 9.66. The Morgan fingerprint density at radius 2 is 1.88 bits per heavy atom. The van der Waals surface area contributed by atoms with Crippen LogP contribution in [0.2, 0.25) is 0 Å². The maximum atomic E-state index is 11.2. The maximum absolute atomic E-state index is 11.2. The molecule has 0 aliphatic carbocycles. The first kappa shape index (κ1) is 13.2. The van der Waals surface area contributed by atoms with Crippen LogP contribution < -0.4 is 5.32 Å². The summed E-state index contributed by atoms with van der Waals surface area (Å²) in [6, 6.07) is 7.82. The predicted octanol–water partition coefficient (Wildman–Crippen LogP) is 2.66. The molecule has 2 atom stereocenters. The van der Waals surface area contributed by atoms with E-state index in [1.165, 1.54) is 7.11 Å². The molecule has 1 aromatic rings. The number of halogens is 1. The third kappa shape index (κ3) is 3.61. The summed E-state index contributed by atoms with van der Waals surface area (Å²) in [6.45, 7) is 3.81. The molecule has 0 fully saturated rings. The van der Waals surface area contributed by atoms with Crippen LogP contribution in [0, 0.1) is 0 Å². The zero-order valence-corrected chi connectivity index (χ0v) is 11.2. The Kier molecular flexibility index (Phi) is 4.96. The number of ether oxygens (including phenoxy) is 1.